The van der Waals surface area contributed by atoms with Gasteiger partial charge in [0, 0.05) is 25.8 Å². The molecule has 1 fully saturated rings. The molecular weight excluding hydrogens is 366 g/mol. The Balaban J connectivity index is 2.16. The minimum absolute atomic E-state index is 0.194. The van der Waals surface area contributed by atoms with E-state index in [-0.39, 0.29) is 11.9 Å². The standard InChI is InChI=1S/C16H20BrNO5/c1-10(19)18-12-8-14(21-2)22-13(9-17)15(12)23-16(20)11-6-4-3-5-7-11/h3-7,12-15H,8-9H2,1-2H3,(H,18,19)/t12-,13-,14+,15+/m1/s1. The molecule has 1 aromatic carbocycles. The summed E-state index contributed by atoms with van der Waals surface area (Å²) in [6.07, 6.45) is -1.07. The van der Waals surface area contributed by atoms with Gasteiger partial charge in [-0.2, -0.15) is 0 Å². The average Bonchev–Trinajstić information content (AvgIpc) is 2.56. The van der Waals surface area contributed by atoms with Crippen LogP contribution in [0.2, 0.25) is 0 Å². The molecule has 2 rings (SSSR count). The summed E-state index contributed by atoms with van der Waals surface area (Å²) in [5.74, 6) is -0.641. The third-order valence-corrected chi connectivity index (χ3v) is 4.23. The predicted molar refractivity (Wildman–Crippen MR) is 87.3 cm³/mol. The van der Waals surface area contributed by atoms with E-state index in [1.165, 1.54) is 14.0 Å². The molecule has 1 N–H and O–H groups in total. The summed E-state index contributed by atoms with van der Waals surface area (Å²) >= 11 is 3.36. The van der Waals surface area contributed by atoms with Crippen molar-refractivity contribution in [1.29, 1.82) is 0 Å². The molecule has 1 aromatic rings. The van der Waals surface area contributed by atoms with Crippen molar-refractivity contribution >= 4 is 27.8 Å². The number of benzene rings is 1. The molecule has 0 aromatic heterocycles. The van der Waals surface area contributed by atoms with E-state index in [4.69, 9.17) is 14.2 Å². The smallest absolute Gasteiger partial charge is 0.338 e. The fraction of sp³-hybridized carbons (Fsp3) is 0.500. The highest BCUT2D eigenvalue weighted by molar-refractivity contribution is 9.09. The highest BCUT2D eigenvalue weighted by Gasteiger charge is 2.41. The molecule has 4 atom stereocenters. The third kappa shape index (κ3) is 4.76. The summed E-state index contributed by atoms with van der Waals surface area (Å²) in [4.78, 5) is 23.8. The second kappa shape index (κ2) is 8.42. The van der Waals surface area contributed by atoms with Gasteiger partial charge in [-0.3, -0.25) is 4.79 Å². The van der Waals surface area contributed by atoms with Gasteiger partial charge in [-0.15, -0.1) is 0 Å². The lowest BCUT2D eigenvalue weighted by Crippen LogP contribution is -2.57. The Morgan fingerprint density at radius 1 is 1.35 bits per heavy atom. The van der Waals surface area contributed by atoms with E-state index in [9.17, 15) is 9.59 Å². The average molecular weight is 386 g/mol. The molecule has 0 radical (unpaired) electrons. The van der Waals surface area contributed by atoms with Crippen molar-refractivity contribution in [2.45, 2.75) is 37.9 Å². The molecule has 126 valence electrons. The number of halogens is 1. The van der Waals surface area contributed by atoms with Gasteiger partial charge < -0.3 is 19.5 Å². The number of hydrogen-bond donors (Lipinski definition) is 1. The van der Waals surface area contributed by atoms with Crippen molar-refractivity contribution in [2.24, 2.45) is 0 Å². The van der Waals surface area contributed by atoms with Gasteiger partial charge in [0.25, 0.3) is 0 Å². The largest absolute Gasteiger partial charge is 0.454 e. The number of esters is 1. The Hall–Kier alpha value is -1.44. The van der Waals surface area contributed by atoms with Crippen LogP contribution in [0.3, 0.4) is 0 Å². The summed E-state index contributed by atoms with van der Waals surface area (Å²) in [5, 5.41) is 3.27. The zero-order valence-corrected chi connectivity index (χ0v) is 14.6. The SMILES string of the molecule is CO[C@@H]1C[C@@H](NC(C)=O)[C@H](OC(=O)c2ccccc2)[C@@H](CBr)O1. The highest BCUT2D eigenvalue weighted by atomic mass is 79.9. The number of methoxy groups -OCH3 is 1. The van der Waals surface area contributed by atoms with Crippen LogP contribution >= 0.6 is 15.9 Å². The molecule has 0 saturated carbocycles. The lowest BCUT2D eigenvalue weighted by Gasteiger charge is -2.40. The van der Waals surface area contributed by atoms with Gasteiger partial charge in [0.1, 0.15) is 12.2 Å². The van der Waals surface area contributed by atoms with Crippen LogP contribution in [0.1, 0.15) is 23.7 Å². The zero-order valence-electron chi connectivity index (χ0n) is 13.0. The number of hydrogen-bond acceptors (Lipinski definition) is 5. The van der Waals surface area contributed by atoms with Crippen LogP contribution in [-0.2, 0) is 19.0 Å². The Morgan fingerprint density at radius 3 is 2.61 bits per heavy atom. The lowest BCUT2D eigenvalue weighted by atomic mass is 9.99. The summed E-state index contributed by atoms with van der Waals surface area (Å²) in [5.41, 5.74) is 0.455. The topological polar surface area (TPSA) is 73.9 Å². The number of carbonyl (C=O) groups excluding carboxylic acids is 2. The number of ether oxygens (including phenoxy) is 3. The van der Waals surface area contributed by atoms with E-state index >= 15 is 0 Å². The van der Waals surface area contributed by atoms with Gasteiger partial charge in [-0.1, -0.05) is 34.1 Å². The minimum atomic E-state index is -0.600. The molecule has 1 aliphatic heterocycles. The number of rotatable bonds is 5. The first-order valence-electron chi connectivity index (χ1n) is 7.32. The van der Waals surface area contributed by atoms with Crippen molar-refractivity contribution in [2.75, 3.05) is 12.4 Å². The first-order chi connectivity index (χ1) is 11.0. The van der Waals surface area contributed by atoms with Crippen LogP contribution < -0.4 is 5.32 Å². The van der Waals surface area contributed by atoms with Gasteiger partial charge in [0.2, 0.25) is 5.91 Å². The van der Waals surface area contributed by atoms with Crippen molar-refractivity contribution in [1.82, 2.24) is 5.32 Å². The molecule has 7 heteroatoms. The van der Waals surface area contributed by atoms with E-state index in [0.29, 0.717) is 17.3 Å². The Kier molecular flexibility index (Phi) is 6.56. The van der Waals surface area contributed by atoms with Crippen molar-refractivity contribution in [3.8, 4) is 0 Å². The van der Waals surface area contributed by atoms with E-state index in [0.717, 1.165) is 0 Å². The molecule has 1 saturated heterocycles. The molecular formula is C16H20BrNO5. The first kappa shape index (κ1) is 17.9. The van der Waals surface area contributed by atoms with Crippen LogP contribution in [0.5, 0.6) is 0 Å². The fourth-order valence-corrected chi connectivity index (χ4v) is 3.05. The van der Waals surface area contributed by atoms with E-state index < -0.39 is 24.5 Å². The Bertz CT molecular complexity index is 539. The zero-order chi connectivity index (χ0) is 16.8. The second-order valence-corrected chi connectivity index (χ2v) is 5.92. The maximum Gasteiger partial charge on any atom is 0.338 e. The monoisotopic (exact) mass is 385 g/mol. The van der Waals surface area contributed by atoms with Gasteiger partial charge in [-0.05, 0) is 12.1 Å². The van der Waals surface area contributed by atoms with Crippen molar-refractivity contribution < 1.29 is 23.8 Å². The van der Waals surface area contributed by atoms with E-state index in [1.54, 1.807) is 24.3 Å². The van der Waals surface area contributed by atoms with Gasteiger partial charge in [0.05, 0.1) is 11.6 Å². The minimum Gasteiger partial charge on any atom is -0.454 e. The van der Waals surface area contributed by atoms with Gasteiger partial charge in [-0.25, -0.2) is 4.79 Å². The summed E-state index contributed by atoms with van der Waals surface area (Å²) in [6, 6.07) is 8.35. The van der Waals surface area contributed by atoms with Crippen molar-refractivity contribution in [3.63, 3.8) is 0 Å². The highest BCUT2D eigenvalue weighted by Crippen LogP contribution is 2.25. The van der Waals surface area contributed by atoms with Gasteiger partial charge >= 0.3 is 5.97 Å². The molecule has 23 heavy (non-hydrogen) atoms. The molecule has 0 unspecified atom stereocenters. The van der Waals surface area contributed by atoms with Crippen LogP contribution in [-0.4, -0.2) is 48.9 Å². The first-order valence-corrected chi connectivity index (χ1v) is 8.44. The molecule has 6 nitrogen and oxygen atoms in total. The maximum absolute atomic E-state index is 12.3. The quantitative estimate of drug-likeness (QED) is 0.618. The van der Waals surface area contributed by atoms with Crippen LogP contribution in [0.15, 0.2) is 30.3 Å². The number of alkyl halides is 1. The third-order valence-electron chi connectivity index (χ3n) is 3.59. The molecule has 1 heterocycles. The number of nitrogens with one attached hydrogen (secondary N) is 1. The Morgan fingerprint density at radius 2 is 2.04 bits per heavy atom. The predicted octanol–water partition coefficient (Wildman–Crippen LogP) is 1.87. The molecule has 0 bridgehead atoms. The van der Waals surface area contributed by atoms with Crippen LogP contribution in [0.4, 0.5) is 0 Å². The van der Waals surface area contributed by atoms with Crippen molar-refractivity contribution in [3.05, 3.63) is 35.9 Å². The summed E-state index contributed by atoms with van der Waals surface area (Å²) in [7, 11) is 1.54. The molecule has 0 spiro atoms. The Labute approximate surface area is 143 Å². The van der Waals surface area contributed by atoms with Crippen LogP contribution in [0.25, 0.3) is 0 Å². The van der Waals surface area contributed by atoms with E-state index in [1.807, 2.05) is 6.07 Å². The molecule has 1 aliphatic rings. The van der Waals surface area contributed by atoms with Crippen LogP contribution in [0, 0.1) is 0 Å². The normalized spacial score (nSPS) is 27.3. The second-order valence-electron chi connectivity index (χ2n) is 5.27. The lowest BCUT2D eigenvalue weighted by molar-refractivity contribution is -0.213. The van der Waals surface area contributed by atoms with E-state index in [2.05, 4.69) is 21.2 Å². The summed E-state index contributed by atoms with van der Waals surface area (Å²) < 4.78 is 16.6. The summed E-state index contributed by atoms with van der Waals surface area (Å²) in [6.45, 7) is 1.43. The fourth-order valence-electron chi connectivity index (χ4n) is 2.53. The maximum atomic E-state index is 12.3. The van der Waals surface area contributed by atoms with Gasteiger partial charge in [0.15, 0.2) is 6.29 Å². The number of amides is 1. The molecule has 0 aliphatic carbocycles. The number of carbonyl (C=O) groups is 2. The molecule has 1 amide bonds.